The quantitative estimate of drug-likeness (QED) is 0.635. The molecule has 1 atom stereocenters. The molecule has 1 aromatic rings. The van der Waals surface area contributed by atoms with Gasteiger partial charge in [0.2, 0.25) is 5.91 Å². The molecule has 4 nitrogen and oxygen atoms in total. The zero-order valence-electron chi connectivity index (χ0n) is 12.3. The Balaban J connectivity index is 1.69. The maximum absolute atomic E-state index is 12.1. The van der Waals surface area contributed by atoms with Gasteiger partial charge in [0.25, 0.3) is 0 Å². The Kier molecular flexibility index (Phi) is 6.58. The van der Waals surface area contributed by atoms with E-state index in [0.717, 1.165) is 28.5 Å². The molecule has 1 heterocycles. The number of rotatable bonds is 6. The molecule has 0 unspecified atom stereocenters. The number of thioether (sulfide) groups is 1. The first-order valence-electron chi connectivity index (χ1n) is 7.45. The number of nitrogens with zero attached hydrogens (tertiary/aromatic N) is 1. The van der Waals surface area contributed by atoms with Gasteiger partial charge in [0.15, 0.2) is 0 Å². The van der Waals surface area contributed by atoms with Crippen molar-refractivity contribution in [3.05, 3.63) is 29.3 Å². The molecule has 0 saturated carbocycles. The van der Waals surface area contributed by atoms with Gasteiger partial charge in [0.05, 0.1) is 5.92 Å². The predicted octanol–water partition coefficient (Wildman–Crippen LogP) is 3.54. The average Bonchev–Trinajstić information content (AvgIpc) is 2.53. The van der Waals surface area contributed by atoms with Crippen molar-refractivity contribution < 1.29 is 14.7 Å². The third-order valence-corrected chi connectivity index (χ3v) is 5.09. The normalized spacial score (nSPS) is 18.2. The van der Waals surface area contributed by atoms with Gasteiger partial charge in [0.1, 0.15) is 0 Å². The number of likely N-dealkylation sites (tertiary alicyclic amines) is 1. The molecule has 1 aliphatic rings. The van der Waals surface area contributed by atoms with E-state index in [1.165, 1.54) is 0 Å². The topological polar surface area (TPSA) is 57.6 Å². The molecule has 1 aromatic carbocycles. The van der Waals surface area contributed by atoms with Crippen LogP contribution >= 0.6 is 23.4 Å². The van der Waals surface area contributed by atoms with Gasteiger partial charge in [-0.1, -0.05) is 11.6 Å². The summed E-state index contributed by atoms with van der Waals surface area (Å²) in [4.78, 5) is 26.0. The van der Waals surface area contributed by atoms with Gasteiger partial charge in [-0.15, -0.1) is 11.8 Å². The summed E-state index contributed by atoms with van der Waals surface area (Å²) in [7, 11) is 0. The van der Waals surface area contributed by atoms with Crippen molar-refractivity contribution >= 4 is 35.2 Å². The molecule has 1 fully saturated rings. The summed E-state index contributed by atoms with van der Waals surface area (Å²) in [5, 5.41) is 9.77. The van der Waals surface area contributed by atoms with Gasteiger partial charge in [0, 0.05) is 29.4 Å². The number of carbonyl (C=O) groups excluding carboxylic acids is 1. The lowest BCUT2D eigenvalue weighted by molar-refractivity contribution is -0.145. The van der Waals surface area contributed by atoms with Crippen LogP contribution in [0, 0.1) is 5.92 Å². The summed E-state index contributed by atoms with van der Waals surface area (Å²) in [5.41, 5.74) is 0. The zero-order valence-corrected chi connectivity index (χ0v) is 13.9. The Labute approximate surface area is 139 Å². The van der Waals surface area contributed by atoms with Crippen LogP contribution in [0.5, 0.6) is 0 Å². The van der Waals surface area contributed by atoms with Gasteiger partial charge in [-0.25, -0.2) is 0 Å². The summed E-state index contributed by atoms with van der Waals surface area (Å²) >= 11 is 7.53. The van der Waals surface area contributed by atoms with Crippen molar-refractivity contribution in [1.29, 1.82) is 0 Å². The van der Waals surface area contributed by atoms with Gasteiger partial charge in [-0.05, 0) is 49.3 Å². The van der Waals surface area contributed by atoms with E-state index >= 15 is 0 Å². The fourth-order valence-corrected chi connectivity index (χ4v) is 3.49. The third kappa shape index (κ3) is 5.21. The van der Waals surface area contributed by atoms with Crippen LogP contribution in [0.15, 0.2) is 29.2 Å². The van der Waals surface area contributed by atoms with Crippen LogP contribution in [0.4, 0.5) is 0 Å². The summed E-state index contributed by atoms with van der Waals surface area (Å²) in [6.45, 7) is 1.05. The van der Waals surface area contributed by atoms with E-state index in [-0.39, 0.29) is 5.91 Å². The predicted molar refractivity (Wildman–Crippen MR) is 88.3 cm³/mol. The molecule has 22 heavy (non-hydrogen) atoms. The van der Waals surface area contributed by atoms with Crippen LogP contribution < -0.4 is 0 Å². The molecule has 1 N–H and O–H groups in total. The molecule has 120 valence electrons. The summed E-state index contributed by atoms with van der Waals surface area (Å²) in [5.74, 6) is -0.261. The lowest BCUT2D eigenvalue weighted by Crippen LogP contribution is -2.42. The second-order valence-corrected chi connectivity index (χ2v) is 7.03. The molecule has 0 aromatic heterocycles. The fraction of sp³-hybridized carbons (Fsp3) is 0.500. The number of aliphatic carboxylic acids is 1. The summed E-state index contributed by atoms with van der Waals surface area (Å²) in [6.07, 6.45) is 2.72. The minimum Gasteiger partial charge on any atom is -0.481 e. The number of carboxylic acid groups (broad SMARTS) is 1. The van der Waals surface area contributed by atoms with E-state index in [1.807, 2.05) is 24.3 Å². The Bertz CT molecular complexity index is 521. The van der Waals surface area contributed by atoms with Crippen LogP contribution in [0.25, 0.3) is 0 Å². The SMILES string of the molecule is O=C(O)[C@H]1CCCN(C(=O)CCCSc2ccc(Cl)cc2)C1. The standard InChI is InChI=1S/C16H20ClNO3S/c17-13-5-7-14(8-6-13)22-10-2-4-15(19)18-9-1-3-12(11-18)16(20)21/h5-8,12H,1-4,9-11H2,(H,20,21)/t12-/m0/s1. The van der Waals surface area contributed by atoms with Crippen molar-refractivity contribution in [3.63, 3.8) is 0 Å². The van der Waals surface area contributed by atoms with Gasteiger partial charge < -0.3 is 10.0 Å². The minimum absolute atomic E-state index is 0.0719. The highest BCUT2D eigenvalue weighted by Crippen LogP contribution is 2.22. The fourth-order valence-electron chi connectivity index (χ4n) is 2.51. The Morgan fingerprint density at radius 2 is 2.05 bits per heavy atom. The molecular weight excluding hydrogens is 322 g/mol. The van der Waals surface area contributed by atoms with Crippen molar-refractivity contribution in [1.82, 2.24) is 4.90 Å². The van der Waals surface area contributed by atoms with Crippen molar-refractivity contribution in [2.75, 3.05) is 18.8 Å². The van der Waals surface area contributed by atoms with E-state index in [2.05, 4.69) is 0 Å². The van der Waals surface area contributed by atoms with Crippen molar-refractivity contribution in [2.24, 2.45) is 5.92 Å². The molecule has 1 saturated heterocycles. The average molecular weight is 342 g/mol. The number of amides is 1. The highest BCUT2D eigenvalue weighted by molar-refractivity contribution is 7.99. The number of benzene rings is 1. The maximum atomic E-state index is 12.1. The Morgan fingerprint density at radius 1 is 1.32 bits per heavy atom. The Morgan fingerprint density at radius 3 is 2.73 bits per heavy atom. The summed E-state index contributed by atoms with van der Waals surface area (Å²) in [6, 6.07) is 7.65. The minimum atomic E-state index is -0.796. The molecular formula is C16H20ClNO3S. The lowest BCUT2D eigenvalue weighted by Gasteiger charge is -2.30. The first-order chi connectivity index (χ1) is 10.6. The van der Waals surface area contributed by atoms with Crippen LogP contribution in [0.2, 0.25) is 5.02 Å². The van der Waals surface area contributed by atoms with Crippen LogP contribution in [0.1, 0.15) is 25.7 Å². The molecule has 0 spiro atoms. The second-order valence-electron chi connectivity index (χ2n) is 5.42. The lowest BCUT2D eigenvalue weighted by atomic mass is 9.98. The number of hydrogen-bond donors (Lipinski definition) is 1. The van der Waals surface area contributed by atoms with E-state index < -0.39 is 11.9 Å². The third-order valence-electron chi connectivity index (χ3n) is 3.74. The van der Waals surface area contributed by atoms with Gasteiger partial charge >= 0.3 is 5.97 Å². The number of carbonyl (C=O) groups is 2. The molecule has 6 heteroatoms. The van der Waals surface area contributed by atoms with Gasteiger partial charge in [-0.3, -0.25) is 9.59 Å². The van der Waals surface area contributed by atoms with E-state index in [1.54, 1.807) is 16.7 Å². The second kappa shape index (κ2) is 8.44. The summed E-state index contributed by atoms with van der Waals surface area (Å²) < 4.78 is 0. The smallest absolute Gasteiger partial charge is 0.308 e. The molecule has 2 rings (SSSR count). The maximum Gasteiger partial charge on any atom is 0.308 e. The van der Waals surface area contributed by atoms with Crippen molar-refractivity contribution in [2.45, 2.75) is 30.6 Å². The van der Waals surface area contributed by atoms with Crippen LogP contribution in [0.3, 0.4) is 0 Å². The van der Waals surface area contributed by atoms with Crippen LogP contribution in [-0.2, 0) is 9.59 Å². The molecule has 1 aliphatic heterocycles. The highest BCUT2D eigenvalue weighted by atomic mass is 35.5. The highest BCUT2D eigenvalue weighted by Gasteiger charge is 2.27. The van der Waals surface area contributed by atoms with Crippen LogP contribution in [-0.4, -0.2) is 40.7 Å². The zero-order chi connectivity index (χ0) is 15.9. The molecule has 1 amide bonds. The number of carboxylic acids is 1. The largest absolute Gasteiger partial charge is 0.481 e. The van der Waals surface area contributed by atoms with E-state index in [9.17, 15) is 9.59 Å². The van der Waals surface area contributed by atoms with E-state index in [4.69, 9.17) is 16.7 Å². The van der Waals surface area contributed by atoms with Gasteiger partial charge in [-0.2, -0.15) is 0 Å². The first-order valence-corrected chi connectivity index (χ1v) is 8.81. The van der Waals surface area contributed by atoms with Crippen molar-refractivity contribution in [3.8, 4) is 0 Å². The number of hydrogen-bond acceptors (Lipinski definition) is 3. The molecule has 0 aliphatic carbocycles. The number of halogens is 1. The number of piperidine rings is 1. The molecule has 0 bridgehead atoms. The monoisotopic (exact) mass is 341 g/mol. The van der Waals surface area contributed by atoms with E-state index in [0.29, 0.717) is 25.9 Å². The first kappa shape index (κ1) is 17.2. The molecule has 0 radical (unpaired) electrons. The Hall–Kier alpha value is -1.20.